The molecule has 0 amide bonds. The van der Waals surface area contributed by atoms with Crippen molar-refractivity contribution in [2.45, 2.75) is 117 Å². The fourth-order valence-electron chi connectivity index (χ4n) is 8.50. The van der Waals surface area contributed by atoms with Crippen LogP contribution in [-0.4, -0.2) is 12.3 Å². The van der Waals surface area contributed by atoms with Crippen LogP contribution in [0.4, 0.5) is 0 Å². The average Bonchev–Trinajstić information content (AvgIpc) is 3.50. The molecule has 2 aromatic carbocycles. The van der Waals surface area contributed by atoms with Crippen LogP contribution in [0.5, 0.6) is 0 Å². The molecular formula is C49H60ClNO. The van der Waals surface area contributed by atoms with Crippen molar-refractivity contribution in [1.82, 2.24) is 5.32 Å². The Kier molecular flexibility index (Phi) is 13.6. The minimum atomic E-state index is 0.178. The Balaban J connectivity index is 1.18. The van der Waals surface area contributed by atoms with Gasteiger partial charge < -0.3 is 5.32 Å². The molecule has 0 aromatic heterocycles. The Morgan fingerprint density at radius 3 is 2.56 bits per heavy atom. The fourth-order valence-corrected chi connectivity index (χ4v) is 8.72. The van der Waals surface area contributed by atoms with Gasteiger partial charge in [-0.05, 0) is 120 Å². The summed E-state index contributed by atoms with van der Waals surface area (Å²) in [5, 5.41) is 4.36. The fraction of sp³-hybridized carbons (Fsp3) is 0.449. The van der Waals surface area contributed by atoms with Crippen molar-refractivity contribution in [3.63, 3.8) is 0 Å². The van der Waals surface area contributed by atoms with Crippen LogP contribution in [0.25, 0.3) is 11.1 Å². The molecule has 4 atom stereocenters. The minimum Gasteiger partial charge on any atom is -0.309 e. The van der Waals surface area contributed by atoms with Crippen LogP contribution in [-0.2, 0) is 11.3 Å². The van der Waals surface area contributed by atoms with Crippen LogP contribution >= 0.6 is 11.6 Å². The van der Waals surface area contributed by atoms with Crippen molar-refractivity contribution in [3.8, 4) is 0 Å². The summed E-state index contributed by atoms with van der Waals surface area (Å²) in [4.78, 5) is 13.9. The number of hydrogen-bond acceptors (Lipinski definition) is 2. The van der Waals surface area contributed by atoms with Gasteiger partial charge in [-0.25, -0.2) is 0 Å². The Bertz CT molecular complexity index is 1790. The topological polar surface area (TPSA) is 29.1 Å². The van der Waals surface area contributed by atoms with Crippen molar-refractivity contribution < 1.29 is 4.79 Å². The number of fused-ring (bicyclic) bond motifs is 1. The highest BCUT2D eigenvalue weighted by Crippen LogP contribution is 2.38. The van der Waals surface area contributed by atoms with E-state index in [9.17, 15) is 4.79 Å². The Morgan fingerprint density at radius 2 is 1.73 bits per heavy atom. The van der Waals surface area contributed by atoms with E-state index in [2.05, 4.69) is 118 Å². The van der Waals surface area contributed by atoms with Crippen molar-refractivity contribution in [1.29, 1.82) is 0 Å². The van der Waals surface area contributed by atoms with Gasteiger partial charge in [0.2, 0.25) is 0 Å². The summed E-state index contributed by atoms with van der Waals surface area (Å²) < 4.78 is 0. The third kappa shape index (κ3) is 10.1. The van der Waals surface area contributed by atoms with Gasteiger partial charge in [0, 0.05) is 35.7 Å². The number of carbonyl (C=O) groups is 1. The SMILES string of the molecule is CCC(C)CC1=C(c2ccc(Cl)c(C3=CC4=CCC=C(CNCc5ccc(C6CCCC(C)CC6)cc5)CC=C4CC(C)CC3=O)c2)C=CC=CC1. The Morgan fingerprint density at radius 1 is 0.885 bits per heavy atom. The number of ketones is 1. The minimum absolute atomic E-state index is 0.178. The number of benzene rings is 2. The highest BCUT2D eigenvalue weighted by Gasteiger charge is 2.24. The van der Waals surface area contributed by atoms with Gasteiger partial charge in [-0.2, -0.15) is 0 Å². The smallest absolute Gasteiger partial charge is 0.163 e. The van der Waals surface area contributed by atoms with Crippen molar-refractivity contribution >= 4 is 28.5 Å². The molecule has 0 heterocycles. The zero-order chi connectivity index (χ0) is 36.5. The van der Waals surface area contributed by atoms with E-state index in [1.54, 1.807) is 0 Å². The van der Waals surface area contributed by atoms with Crippen LogP contribution in [0, 0.1) is 17.8 Å². The maximum Gasteiger partial charge on any atom is 0.163 e. The van der Waals surface area contributed by atoms with E-state index in [1.165, 1.54) is 65.5 Å². The molecule has 0 radical (unpaired) electrons. The first kappa shape index (κ1) is 38.3. The summed E-state index contributed by atoms with van der Waals surface area (Å²) in [6, 6.07) is 15.7. The zero-order valence-corrected chi connectivity index (χ0v) is 32.9. The van der Waals surface area contributed by atoms with E-state index in [4.69, 9.17) is 11.6 Å². The molecule has 1 fully saturated rings. The number of allylic oxidation sites excluding steroid dienone is 13. The molecule has 1 saturated carbocycles. The predicted molar refractivity (Wildman–Crippen MR) is 223 cm³/mol. The van der Waals surface area contributed by atoms with Gasteiger partial charge in [0.05, 0.1) is 0 Å². The van der Waals surface area contributed by atoms with Crippen molar-refractivity contribution in [2.24, 2.45) is 17.8 Å². The number of halogens is 1. The number of rotatable bonds is 10. The summed E-state index contributed by atoms with van der Waals surface area (Å²) in [7, 11) is 0. The highest BCUT2D eigenvalue weighted by atomic mass is 35.5. The lowest BCUT2D eigenvalue weighted by Gasteiger charge is -2.23. The third-order valence-corrected chi connectivity index (χ3v) is 12.3. The second-order valence-corrected chi connectivity index (χ2v) is 16.7. The molecule has 4 unspecified atom stereocenters. The third-order valence-electron chi connectivity index (χ3n) is 11.9. The van der Waals surface area contributed by atoms with Gasteiger partial charge in [0.1, 0.15) is 0 Å². The lowest BCUT2D eigenvalue weighted by Crippen LogP contribution is -2.17. The van der Waals surface area contributed by atoms with Gasteiger partial charge in [0.15, 0.2) is 5.78 Å². The van der Waals surface area contributed by atoms with E-state index in [0.29, 0.717) is 17.4 Å². The second-order valence-electron chi connectivity index (χ2n) is 16.3. The number of nitrogens with one attached hydrogen (secondary N) is 1. The van der Waals surface area contributed by atoms with Gasteiger partial charge in [0.25, 0.3) is 0 Å². The molecule has 52 heavy (non-hydrogen) atoms. The maximum atomic E-state index is 13.9. The molecule has 0 aliphatic heterocycles. The summed E-state index contributed by atoms with van der Waals surface area (Å²) >= 11 is 6.95. The number of carbonyl (C=O) groups excluding carboxylic acids is 1. The van der Waals surface area contributed by atoms with Gasteiger partial charge in [-0.15, -0.1) is 0 Å². The second kappa shape index (κ2) is 18.5. The lowest BCUT2D eigenvalue weighted by molar-refractivity contribution is -0.114. The van der Waals surface area contributed by atoms with E-state index in [-0.39, 0.29) is 11.7 Å². The molecule has 4 aliphatic carbocycles. The standard InChI is InChI=1S/C49H60ClNO/c1-5-34(2)27-43-13-7-6-8-16-45(43)44-25-26-48(50)46(31-44)47-30-41-15-10-12-37(20-24-42(41)28-36(4)29-49(47)52)32-51-33-38-18-22-40(23-19-38)39-14-9-11-35(3)17-21-39/h6-8,12,15-16,18-19,22-26,30-31,34-36,39,51H,5,9-11,13-14,17,20-21,27-29,32-33H2,1-4H3. The monoisotopic (exact) mass is 713 g/mol. The van der Waals surface area contributed by atoms with Gasteiger partial charge in [-0.3, -0.25) is 4.79 Å². The van der Waals surface area contributed by atoms with Gasteiger partial charge in [-0.1, -0.05) is 149 Å². The molecule has 2 nitrogen and oxygen atoms in total. The molecular weight excluding hydrogens is 654 g/mol. The van der Waals surface area contributed by atoms with Crippen LogP contribution in [0.15, 0.2) is 113 Å². The summed E-state index contributed by atoms with van der Waals surface area (Å²) in [5.41, 5.74) is 12.2. The molecule has 1 N–H and O–H groups in total. The quantitative estimate of drug-likeness (QED) is 0.196. The molecule has 0 saturated heterocycles. The van der Waals surface area contributed by atoms with Crippen LogP contribution in [0.3, 0.4) is 0 Å². The maximum absolute atomic E-state index is 13.9. The largest absolute Gasteiger partial charge is 0.309 e. The summed E-state index contributed by atoms with van der Waals surface area (Å²) in [6.45, 7) is 11.0. The Labute approximate surface area is 319 Å². The van der Waals surface area contributed by atoms with Crippen LogP contribution in [0.1, 0.15) is 133 Å². The van der Waals surface area contributed by atoms with Crippen molar-refractivity contribution in [2.75, 3.05) is 6.54 Å². The van der Waals surface area contributed by atoms with Crippen LogP contribution in [0.2, 0.25) is 5.02 Å². The molecule has 3 heteroatoms. The lowest BCUT2D eigenvalue weighted by atomic mass is 9.82. The van der Waals surface area contributed by atoms with E-state index in [1.807, 2.05) is 6.07 Å². The average molecular weight is 714 g/mol. The van der Waals surface area contributed by atoms with Crippen LogP contribution < -0.4 is 5.32 Å². The highest BCUT2D eigenvalue weighted by molar-refractivity contribution is 6.35. The van der Waals surface area contributed by atoms with E-state index >= 15 is 0 Å². The van der Waals surface area contributed by atoms with Gasteiger partial charge >= 0.3 is 0 Å². The number of hydrogen-bond donors (Lipinski definition) is 1. The first-order valence-corrected chi connectivity index (χ1v) is 20.6. The molecule has 2 aromatic rings. The summed E-state index contributed by atoms with van der Waals surface area (Å²) in [6.07, 6.45) is 31.1. The molecule has 0 bridgehead atoms. The first-order valence-electron chi connectivity index (χ1n) is 20.2. The van der Waals surface area contributed by atoms with E-state index in [0.717, 1.165) is 85.7 Å². The molecule has 4 aliphatic rings. The zero-order valence-electron chi connectivity index (χ0n) is 32.2. The number of Topliss-reactive ketones (excluding diaryl/α,β-unsaturated/α-hetero) is 1. The molecule has 274 valence electrons. The van der Waals surface area contributed by atoms with Crippen molar-refractivity contribution in [3.05, 3.63) is 141 Å². The summed E-state index contributed by atoms with van der Waals surface area (Å²) in [5.74, 6) is 2.65. The first-order chi connectivity index (χ1) is 25.3. The predicted octanol–water partition coefficient (Wildman–Crippen LogP) is 13.5. The van der Waals surface area contributed by atoms with E-state index < -0.39 is 0 Å². The molecule has 0 spiro atoms. The Hall–Kier alpha value is -3.46. The normalized spacial score (nSPS) is 23.5. The molecule has 6 rings (SSSR count).